The van der Waals surface area contributed by atoms with E-state index in [1.807, 2.05) is 0 Å². The van der Waals surface area contributed by atoms with Crippen LogP contribution in [0.15, 0.2) is 0 Å². The molecule has 0 spiro atoms. The maximum atomic E-state index is 9.68. The maximum Gasteiger partial charge on any atom is 0.154 e. The molecular formula is C20H35NO. The second-order valence-corrected chi connectivity index (χ2v) is 7.77. The van der Waals surface area contributed by atoms with Gasteiger partial charge in [-0.1, -0.05) is 58.3 Å². The lowest BCUT2D eigenvalue weighted by molar-refractivity contribution is -0.0841. The van der Waals surface area contributed by atoms with Gasteiger partial charge in [0.05, 0.1) is 12.2 Å². The van der Waals surface area contributed by atoms with Crippen LogP contribution >= 0.6 is 0 Å². The molecule has 0 aromatic heterocycles. The van der Waals surface area contributed by atoms with Crippen LogP contribution in [0, 0.1) is 23.2 Å². The van der Waals surface area contributed by atoms with E-state index in [0.29, 0.717) is 0 Å². The zero-order valence-electron chi connectivity index (χ0n) is 14.8. The van der Waals surface area contributed by atoms with Gasteiger partial charge >= 0.3 is 0 Å². The minimum atomic E-state index is -0.475. The average Bonchev–Trinajstić information content (AvgIpc) is 2.56. The van der Waals surface area contributed by atoms with Crippen molar-refractivity contribution in [3.8, 4) is 6.07 Å². The zero-order valence-corrected chi connectivity index (χ0v) is 14.8. The monoisotopic (exact) mass is 305 g/mol. The summed E-state index contributed by atoms with van der Waals surface area (Å²) in [4.78, 5) is 0. The van der Waals surface area contributed by atoms with E-state index in [1.165, 1.54) is 64.2 Å². The van der Waals surface area contributed by atoms with Gasteiger partial charge in [-0.2, -0.15) is 5.26 Å². The van der Waals surface area contributed by atoms with Crippen LogP contribution < -0.4 is 0 Å². The van der Waals surface area contributed by atoms with Gasteiger partial charge in [-0.25, -0.2) is 0 Å². The fourth-order valence-electron chi connectivity index (χ4n) is 4.57. The van der Waals surface area contributed by atoms with Crippen molar-refractivity contribution in [3.05, 3.63) is 0 Å². The second kappa shape index (κ2) is 8.92. The van der Waals surface area contributed by atoms with Crippen LogP contribution in [0.1, 0.15) is 97.3 Å². The Hall–Kier alpha value is -0.550. The first-order valence-corrected chi connectivity index (χ1v) is 9.78. The highest BCUT2D eigenvalue weighted by Crippen LogP contribution is 2.43. The lowest BCUT2D eigenvalue weighted by atomic mass is 9.70. The van der Waals surface area contributed by atoms with Gasteiger partial charge in [0.15, 0.2) is 5.60 Å². The van der Waals surface area contributed by atoms with E-state index in [2.05, 4.69) is 19.9 Å². The van der Waals surface area contributed by atoms with Crippen molar-refractivity contribution < 1.29 is 4.74 Å². The van der Waals surface area contributed by atoms with Crippen LogP contribution in [0.5, 0.6) is 0 Å². The van der Waals surface area contributed by atoms with Crippen LogP contribution in [-0.2, 0) is 4.74 Å². The molecule has 0 amide bonds. The number of nitriles is 1. The first-order chi connectivity index (χ1) is 10.7. The molecule has 1 atom stereocenters. The van der Waals surface area contributed by atoms with E-state index in [0.717, 1.165) is 31.1 Å². The first kappa shape index (κ1) is 17.8. The Labute approximate surface area is 137 Å². The number of hydrogen-bond acceptors (Lipinski definition) is 2. The fraction of sp³-hybridized carbons (Fsp3) is 0.950. The summed E-state index contributed by atoms with van der Waals surface area (Å²) in [6.45, 7) is 4.39. The number of unbranched alkanes of at least 4 members (excludes halogenated alkanes) is 2. The van der Waals surface area contributed by atoms with Gasteiger partial charge in [-0.05, 0) is 50.9 Å². The third kappa shape index (κ3) is 4.98. The lowest BCUT2D eigenvalue weighted by Crippen LogP contribution is -2.40. The van der Waals surface area contributed by atoms with Crippen LogP contribution in [0.25, 0.3) is 0 Å². The first-order valence-electron chi connectivity index (χ1n) is 9.78. The quantitative estimate of drug-likeness (QED) is 0.540. The van der Waals surface area contributed by atoms with Gasteiger partial charge in [0.1, 0.15) is 0 Å². The Morgan fingerprint density at radius 2 is 1.68 bits per heavy atom. The molecule has 2 fully saturated rings. The molecular weight excluding hydrogens is 270 g/mol. The van der Waals surface area contributed by atoms with Crippen LogP contribution in [-0.4, -0.2) is 11.7 Å². The summed E-state index contributed by atoms with van der Waals surface area (Å²) in [5.74, 6) is 1.80. The topological polar surface area (TPSA) is 33.0 Å². The summed E-state index contributed by atoms with van der Waals surface area (Å²) in [5.41, 5.74) is -0.475. The van der Waals surface area contributed by atoms with Crippen LogP contribution in [0.4, 0.5) is 0 Å². The van der Waals surface area contributed by atoms with Crippen molar-refractivity contribution >= 4 is 0 Å². The van der Waals surface area contributed by atoms with Crippen molar-refractivity contribution in [3.63, 3.8) is 0 Å². The lowest BCUT2D eigenvalue weighted by Gasteiger charge is -2.40. The Bertz CT molecular complexity index is 345. The van der Waals surface area contributed by atoms with E-state index in [1.54, 1.807) is 0 Å². The molecule has 0 N–H and O–H groups in total. The minimum absolute atomic E-state index is 0.234. The van der Waals surface area contributed by atoms with Crippen molar-refractivity contribution in [2.45, 2.75) is 109 Å². The van der Waals surface area contributed by atoms with Crippen LogP contribution in [0.3, 0.4) is 0 Å². The molecule has 2 aliphatic rings. The molecule has 22 heavy (non-hydrogen) atoms. The van der Waals surface area contributed by atoms with Crippen molar-refractivity contribution in [1.82, 2.24) is 0 Å². The summed E-state index contributed by atoms with van der Waals surface area (Å²) in [5, 5.41) is 9.68. The van der Waals surface area contributed by atoms with Crippen LogP contribution in [0.2, 0.25) is 0 Å². The third-order valence-corrected chi connectivity index (χ3v) is 6.00. The molecule has 2 aliphatic carbocycles. The Balaban J connectivity index is 1.79. The Kier molecular flexibility index (Phi) is 7.22. The molecule has 2 nitrogen and oxygen atoms in total. The fourth-order valence-corrected chi connectivity index (χ4v) is 4.57. The van der Waals surface area contributed by atoms with Gasteiger partial charge in [0.25, 0.3) is 0 Å². The van der Waals surface area contributed by atoms with Gasteiger partial charge < -0.3 is 4.74 Å². The molecule has 0 aromatic rings. The van der Waals surface area contributed by atoms with Crippen molar-refractivity contribution in [2.75, 3.05) is 0 Å². The molecule has 2 rings (SSSR count). The maximum absolute atomic E-state index is 9.68. The largest absolute Gasteiger partial charge is 0.357 e. The smallest absolute Gasteiger partial charge is 0.154 e. The molecule has 0 saturated heterocycles. The van der Waals surface area contributed by atoms with E-state index >= 15 is 0 Å². The number of nitrogens with zero attached hydrogens (tertiary/aromatic N) is 1. The van der Waals surface area contributed by atoms with E-state index in [-0.39, 0.29) is 6.10 Å². The predicted molar refractivity (Wildman–Crippen MR) is 91.6 cm³/mol. The number of hydrogen-bond donors (Lipinski definition) is 0. The third-order valence-electron chi connectivity index (χ3n) is 6.00. The molecule has 2 heteroatoms. The van der Waals surface area contributed by atoms with Gasteiger partial charge in [0.2, 0.25) is 0 Å². The average molecular weight is 306 g/mol. The SMILES string of the molecule is CCCCCC(C)OC1(C#N)CCC(C2CCCCC2)CC1. The number of rotatable bonds is 7. The predicted octanol–water partition coefficient (Wildman–Crippen LogP) is 6.00. The van der Waals surface area contributed by atoms with Gasteiger partial charge in [-0.3, -0.25) is 0 Å². The molecule has 2 saturated carbocycles. The van der Waals surface area contributed by atoms with E-state index < -0.39 is 5.60 Å². The normalized spacial score (nSPS) is 31.6. The highest BCUT2D eigenvalue weighted by atomic mass is 16.5. The van der Waals surface area contributed by atoms with E-state index in [9.17, 15) is 5.26 Å². The Morgan fingerprint density at radius 3 is 2.27 bits per heavy atom. The molecule has 1 unspecified atom stereocenters. The Morgan fingerprint density at radius 1 is 1.05 bits per heavy atom. The van der Waals surface area contributed by atoms with Crippen molar-refractivity contribution in [2.24, 2.45) is 11.8 Å². The summed E-state index contributed by atoms with van der Waals surface area (Å²) >= 11 is 0. The number of ether oxygens (including phenoxy) is 1. The summed E-state index contributed by atoms with van der Waals surface area (Å²) in [6.07, 6.45) is 16.6. The van der Waals surface area contributed by atoms with Crippen molar-refractivity contribution in [1.29, 1.82) is 5.26 Å². The molecule has 0 aliphatic heterocycles. The highest BCUT2D eigenvalue weighted by Gasteiger charge is 2.39. The molecule has 126 valence electrons. The molecule has 0 heterocycles. The summed E-state index contributed by atoms with van der Waals surface area (Å²) in [7, 11) is 0. The molecule has 0 aromatic carbocycles. The van der Waals surface area contributed by atoms with Gasteiger partial charge in [0, 0.05) is 0 Å². The summed E-state index contributed by atoms with van der Waals surface area (Å²) < 4.78 is 6.25. The summed E-state index contributed by atoms with van der Waals surface area (Å²) in [6, 6.07) is 2.54. The standard InChI is InChI=1S/C20H35NO/c1-3-4-6-9-17(2)22-20(16-21)14-12-19(13-15-20)18-10-7-5-8-11-18/h17-19H,3-15H2,1-2H3. The zero-order chi connectivity index (χ0) is 15.8. The molecule has 0 bridgehead atoms. The van der Waals surface area contributed by atoms with Gasteiger partial charge in [-0.15, -0.1) is 0 Å². The van der Waals surface area contributed by atoms with E-state index in [4.69, 9.17) is 4.74 Å². The minimum Gasteiger partial charge on any atom is -0.357 e. The second-order valence-electron chi connectivity index (χ2n) is 7.77. The molecule has 0 radical (unpaired) electrons. The highest BCUT2D eigenvalue weighted by molar-refractivity contribution is 5.05.